The van der Waals surface area contributed by atoms with Gasteiger partial charge in [-0.3, -0.25) is 0 Å². The van der Waals surface area contributed by atoms with Gasteiger partial charge in [-0.2, -0.15) is 0 Å². The Morgan fingerprint density at radius 1 is 1.18 bits per heavy atom. The number of halogens is 2. The highest BCUT2D eigenvalue weighted by Gasteiger charge is 2.14. The summed E-state index contributed by atoms with van der Waals surface area (Å²) < 4.78 is 31.3. The van der Waals surface area contributed by atoms with Crippen molar-refractivity contribution >= 4 is 0 Å². The third-order valence-electron chi connectivity index (χ3n) is 2.35. The van der Waals surface area contributed by atoms with Crippen LogP contribution in [0.1, 0.15) is 18.9 Å². The molecule has 0 aliphatic heterocycles. The molecule has 6 heteroatoms. The first-order valence-electron chi connectivity index (χ1n) is 5.07. The van der Waals surface area contributed by atoms with E-state index in [0.29, 0.717) is 5.89 Å². The number of nitrogens with one attached hydrogen (secondary N) is 1. The van der Waals surface area contributed by atoms with E-state index in [1.54, 1.807) is 7.05 Å². The zero-order chi connectivity index (χ0) is 12.4. The van der Waals surface area contributed by atoms with E-state index in [2.05, 4.69) is 15.5 Å². The molecule has 0 saturated carbocycles. The summed E-state index contributed by atoms with van der Waals surface area (Å²) in [6, 6.07) is 2.96. The normalized spacial score (nSPS) is 12.7. The number of rotatable bonds is 3. The molecule has 1 aromatic heterocycles. The first kappa shape index (κ1) is 11.7. The molecule has 0 bridgehead atoms. The van der Waals surface area contributed by atoms with E-state index in [-0.39, 0.29) is 17.5 Å². The van der Waals surface area contributed by atoms with Crippen molar-refractivity contribution in [2.45, 2.75) is 13.0 Å². The fraction of sp³-hybridized carbons (Fsp3) is 0.273. The van der Waals surface area contributed by atoms with Crippen LogP contribution in [0.15, 0.2) is 22.6 Å². The average molecular weight is 239 g/mol. The molecule has 0 spiro atoms. The molecule has 4 nitrogen and oxygen atoms in total. The molecule has 0 radical (unpaired) electrons. The van der Waals surface area contributed by atoms with Crippen LogP contribution in [-0.2, 0) is 0 Å². The molecule has 0 amide bonds. The lowest BCUT2D eigenvalue weighted by Gasteiger charge is -2.02. The summed E-state index contributed by atoms with van der Waals surface area (Å²) in [5.41, 5.74) is 0.226. The van der Waals surface area contributed by atoms with E-state index < -0.39 is 11.6 Å². The molecule has 0 aliphatic rings. The molecule has 17 heavy (non-hydrogen) atoms. The van der Waals surface area contributed by atoms with Gasteiger partial charge in [0.25, 0.3) is 0 Å². The van der Waals surface area contributed by atoms with E-state index in [9.17, 15) is 8.78 Å². The SMILES string of the molecule is CNC(C)c1nnc(-c2cc(F)cc(F)c2)o1. The summed E-state index contributed by atoms with van der Waals surface area (Å²) >= 11 is 0. The minimum Gasteiger partial charge on any atom is -0.419 e. The summed E-state index contributed by atoms with van der Waals surface area (Å²) in [4.78, 5) is 0. The molecular weight excluding hydrogens is 228 g/mol. The number of nitrogens with zero attached hydrogens (tertiary/aromatic N) is 2. The van der Waals surface area contributed by atoms with Crippen molar-refractivity contribution in [3.05, 3.63) is 35.7 Å². The highest BCUT2D eigenvalue weighted by molar-refractivity contribution is 5.52. The molecule has 1 heterocycles. The van der Waals surface area contributed by atoms with Gasteiger partial charge in [0.2, 0.25) is 11.8 Å². The molecule has 2 aromatic rings. The van der Waals surface area contributed by atoms with Crippen LogP contribution < -0.4 is 5.32 Å². The van der Waals surface area contributed by atoms with E-state index in [1.807, 2.05) is 6.92 Å². The minimum atomic E-state index is -0.679. The highest BCUT2D eigenvalue weighted by Crippen LogP contribution is 2.22. The average Bonchev–Trinajstić information content (AvgIpc) is 2.76. The van der Waals surface area contributed by atoms with Crippen LogP contribution in [0.25, 0.3) is 11.5 Å². The lowest BCUT2D eigenvalue weighted by atomic mass is 10.2. The Balaban J connectivity index is 2.36. The van der Waals surface area contributed by atoms with Gasteiger partial charge in [0.15, 0.2) is 0 Å². The van der Waals surface area contributed by atoms with Gasteiger partial charge >= 0.3 is 0 Å². The Morgan fingerprint density at radius 3 is 2.41 bits per heavy atom. The summed E-state index contributed by atoms with van der Waals surface area (Å²) in [7, 11) is 1.75. The lowest BCUT2D eigenvalue weighted by Crippen LogP contribution is -2.12. The van der Waals surface area contributed by atoms with Gasteiger partial charge in [0.05, 0.1) is 6.04 Å². The third kappa shape index (κ3) is 2.47. The summed E-state index contributed by atoms with van der Waals surface area (Å²) in [5.74, 6) is -0.893. The lowest BCUT2D eigenvalue weighted by molar-refractivity contribution is 0.441. The summed E-state index contributed by atoms with van der Waals surface area (Å²) in [6.45, 7) is 1.84. The summed E-state index contributed by atoms with van der Waals surface area (Å²) in [6.07, 6.45) is 0. The first-order valence-corrected chi connectivity index (χ1v) is 5.07. The molecule has 1 N–H and O–H groups in total. The Bertz CT molecular complexity index is 507. The van der Waals surface area contributed by atoms with Crippen molar-refractivity contribution in [3.8, 4) is 11.5 Å². The van der Waals surface area contributed by atoms with Crippen LogP contribution in [0.5, 0.6) is 0 Å². The molecule has 1 unspecified atom stereocenters. The molecule has 2 rings (SSSR count). The van der Waals surface area contributed by atoms with Crippen molar-refractivity contribution < 1.29 is 13.2 Å². The predicted octanol–water partition coefficient (Wildman–Crippen LogP) is 2.30. The molecule has 1 atom stereocenters. The second-order valence-corrected chi connectivity index (χ2v) is 3.61. The molecule has 0 fully saturated rings. The van der Waals surface area contributed by atoms with Crippen LogP contribution in [0.4, 0.5) is 8.78 Å². The van der Waals surface area contributed by atoms with Crippen LogP contribution in [-0.4, -0.2) is 17.2 Å². The maximum Gasteiger partial charge on any atom is 0.248 e. The van der Waals surface area contributed by atoms with Crippen molar-refractivity contribution in [1.29, 1.82) is 0 Å². The Labute approximate surface area is 96.7 Å². The topological polar surface area (TPSA) is 51.0 Å². The monoisotopic (exact) mass is 239 g/mol. The van der Waals surface area contributed by atoms with Crippen molar-refractivity contribution in [2.24, 2.45) is 0 Å². The van der Waals surface area contributed by atoms with Crippen LogP contribution in [0.2, 0.25) is 0 Å². The number of benzene rings is 1. The van der Waals surface area contributed by atoms with Crippen LogP contribution >= 0.6 is 0 Å². The highest BCUT2D eigenvalue weighted by atomic mass is 19.1. The third-order valence-corrected chi connectivity index (χ3v) is 2.35. The van der Waals surface area contributed by atoms with Gasteiger partial charge in [0, 0.05) is 11.6 Å². The number of aromatic nitrogens is 2. The molecule has 90 valence electrons. The van der Waals surface area contributed by atoms with Crippen molar-refractivity contribution in [3.63, 3.8) is 0 Å². The van der Waals surface area contributed by atoms with E-state index >= 15 is 0 Å². The van der Waals surface area contributed by atoms with Crippen molar-refractivity contribution in [2.75, 3.05) is 7.05 Å². The van der Waals surface area contributed by atoms with Gasteiger partial charge in [-0.25, -0.2) is 8.78 Å². The number of hydrogen-bond acceptors (Lipinski definition) is 4. The second-order valence-electron chi connectivity index (χ2n) is 3.61. The van der Waals surface area contributed by atoms with Crippen molar-refractivity contribution in [1.82, 2.24) is 15.5 Å². The molecular formula is C11H11F2N3O. The van der Waals surface area contributed by atoms with E-state index in [0.717, 1.165) is 18.2 Å². The zero-order valence-corrected chi connectivity index (χ0v) is 9.37. The molecule has 1 aromatic carbocycles. The maximum absolute atomic E-state index is 13.0. The fourth-order valence-corrected chi connectivity index (χ4v) is 1.33. The van der Waals surface area contributed by atoms with Gasteiger partial charge < -0.3 is 9.73 Å². The maximum atomic E-state index is 13.0. The van der Waals surface area contributed by atoms with Crippen LogP contribution in [0.3, 0.4) is 0 Å². The first-order chi connectivity index (χ1) is 8.10. The smallest absolute Gasteiger partial charge is 0.248 e. The van der Waals surface area contributed by atoms with Gasteiger partial charge in [0.1, 0.15) is 11.6 Å². The molecule has 0 saturated heterocycles. The second kappa shape index (κ2) is 4.58. The van der Waals surface area contributed by atoms with Gasteiger partial charge in [-0.15, -0.1) is 10.2 Å². The van der Waals surface area contributed by atoms with E-state index in [4.69, 9.17) is 4.42 Å². The predicted molar refractivity (Wildman–Crippen MR) is 57.1 cm³/mol. The Hall–Kier alpha value is -1.82. The van der Waals surface area contributed by atoms with E-state index in [1.165, 1.54) is 0 Å². The fourth-order valence-electron chi connectivity index (χ4n) is 1.33. The minimum absolute atomic E-state index is 0.0977. The molecule has 0 aliphatic carbocycles. The zero-order valence-electron chi connectivity index (χ0n) is 9.37. The Kier molecular flexibility index (Phi) is 3.14. The van der Waals surface area contributed by atoms with Gasteiger partial charge in [-0.1, -0.05) is 0 Å². The summed E-state index contributed by atoms with van der Waals surface area (Å²) in [5, 5.41) is 10.5. The Morgan fingerprint density at radius 2 is 1.82 bits per heavy atom. The van der Waals surface area contributed by atoms with Crippen LogP contribution in [0, 0.1) is 11.6 Å². The quantitative estimate of drug-likeness (QED) is 0.892. The number of hydrogen-bond donors (Lipinski definition) is 1. The largest absolute Gasteiger partial charge is 0.419 e. The standard InChI is InChI=1S/C11H11F2N3O/c1-6(14-2)10-15-16-11(17-10)7-3-8(12)5-9(13)4-7/h3-6,14H,1-2H3. The van der Waals surface area contributed by atoms with Gasteiger partial charge in [-0.05, 0) is 26.1 Å².